The summed E-state index contributed by atoms with van der Waals surface area (Å²) in [5.41, 5.74) is 5.31. The number of thioether (sulfide) groups is 1. The van der Waals surface area contributed by atoms with E-state index in [1.165, 1.54) is 28.7 Å². The first-order valence-electron chi connectivity index (χ1n) is 10.1. The summed E-state index contributed by atoms with van der Waals surface area (Å²) in [6, 6.07) is 21.8. The Morgan fingerprint density at radius 3 is 2.45 bits per heavy atom. The number of carbonyl (C=O) groups excluding carboxylic acids is 1. The predicted octanol–water partition coefficient (Wildman–Crippen LogP) is 6.94. The van der Waals surface area contributed by atoms with Crippen molar-refractivity contribution >= 4 is 50.1 Å². The lowest BCUT2D eigenvalue weighted by Gasteiger charge is -2.07. The number of hydrogen-bond acceptors (Lipinski definition) is 6. The van der Waals surface area contributed by atoms with Gasteiger partial charge in [0.15, 0.2) is 5.13 Å². The Morgan fingerprint density at radius 1 is 1.03 bits per heavy atom. The molecule has 0 spiro atoms. The lowest BCUT2D eigenvalue weighted by Crippen LogP contribution is -2.12. The van der Waals surface area contributed by atoms with Crippen LogP contribution in [0.1, 0.15) is 17.5 Å². The SMILES string of the molecule is Cc1ccc(-c2ccc(C#N)c(SCCC(=O)Nc3nc(-c4ccc(Br)cc4)cs3)n2)cc1. The maximum absolute atomic E-state index is 12.4. The van der Waals surface area contributed by atoms with Crippen LogP contribution in [0.25, 0.3) is 22.5 Å². The Bertz CT molecular complexity index is 1310. The zero-order chi connectivity index (χ0) is 23.2. The van der Waals surface area contributed by atoms with Gasteiger partial charge in [-0.25, -0.2) is 9.97 Å². The number of rotatable bonds is 7. The van der Waals surface area contributed by atoms with Gasteiger partial charge in [0.05, 0.1) is 17.0 Å². The smallest absolute Gasteiger partial charge is 0.226 e. The van der Waals surface area contributed by atoms with Crippen LogP contribution in [-0.4, -0.2) is 21.6 Å². The highest BCUT2D eigenvalue weighted by Gasteiger charge is 2.11. The number of thiazole rings is 1. The number of aryl methyl sites for hydroxylation is 1. The van der Waals surface area contributed by atoms with Crippen LogP contribution in [0.4, 0.5) is 5.13 Å². The van der Waals surface area contributed by atoms with E-state index in [0.717, 1.165) is 27.0 Å². The zero-order valence-corrected chi connectivity index (χ0v) is 20.9. The molecule has 33 heavy (non-hydrogen) atoms. The zero-order valence-electron chi connectivity index (χ0n) is 17.7. The van der Waals surface area contributed by atoms with Crippen LogP contribution in [0.2, 0.25) is 0 Å². The maximum atomic E-state index is 12.4. The van der Waals surface area contributed by atoms with Gasteiger partial charge in [0.1, 0.15) is 11.1 Å². The normalized spacial score (nSPS) is 10.6. The van der Waals surface area contributed by atoms with Crippen LogP contribution >= 0.6 is 39.0 Å². The summed E-state index contributed by atoms with van der Waals surface area (Å²) in [5, 5.41) is 15.4. The van der Waals surface area contributed by atoms with E-state index in [1.807, 2.05) is 66.9 Å². The van der Waals surface area contributed by atoms with E-state index in [0.29, 0.717) is 27.9 Å². The molecule has 1 N–H and O–H groups in total. The minimum Gasteiger partial charge on any atom is -0.302 e. The number of benzene rings is 2. The van der Waals surface area contributed by atoms with E-state index in [9.17, 15) is 10.1 Å². The Balaban J connectivity index is 1.36. The summed E-state index contributed by atoms with van der Waals surface area (Å²) in [4.78, 5) is 21.6. The van der Waals surface area contributed by atoms with Gasteiger partial charge in [-0.1, -0.05) is 57.9 Å². The van der Waals surface area contributed by atoms with Gasteiger partial charge in [-0.05, 0) is 31.2 Å². The van der Waals surface area contributed by atoms with Crippen LogP contribution in [0.5, 0.6) is 0 Å². The van der Waals surface area contributed by atoms with E-state index >= 15 is 0 Å². The number of nitrogens with zero attached hydrogens (tertiary/aromatic N) is 3. The van der Waals surface area contributed by atoms with E-state index in [4.69, 9.17) is 0 Å². The molecule has 0 saturated carbocycles. The molecule has 0 aliphatic carbocycles. The molecule has 0 unspecified atom stereocenters. The number of pyridine rings is 1. The molecule has 0 radical (unpaired) electrons. The van der Waals surface area contributed by atoms with Crippen LogP contribution in [0.15, 0.2) is 75.5 Å². The second-order valence-corrected chi connectivity index (χ2v) is 10.1. The minimum absolute atomic E-state index is 0.118. The molecule has 0 saturated heterocycles. The molecule has 0 aliphatic rings. The van der Waals surface area contributed by atoms with E-state index in [-0.39, 0.29) is 5.91 Å². The molecule has 8 heteroatoms. The fourth-order valence-electron chi connectivity index (χ4n) is 3.03. The van der Waals surface area contributed by atoms with Crippen molar-refractivity contribution in [3.8, 4) is 28.6 Å². The van der Waals surface area contributed by atoms with Crippen LogP contribution in [0, 0.1) is 18.3 Å². The van der Waals surface area contributed by atoms with Crippen LogP contribution in [-0.2, 0) is 4.79 Å². The van der Waals surface area contributed by atoms with Gasteiger partial charge in [0.2, 0.25) is 5.91 Å². The summed E-state index contributed by atoms with van der Waals surface area (Å²) < 4.78 is 1.01. The maximum Gasteiger partial charge on any atom is 0.226 e. The second kappa shape index (κ2) is 10.8. The summed E-state index contributed by atoms with van der Waals surface area (Å²) in [6.07, 6.45) is 0.291. The van der Waals surface area contributed by atoms with Gasteiger partial charge < -0.3 is 5.32 Å². The Labute approximate surface area is 209 Å². The summed E-state index contributed by atoms with van der Waals surface area (Å²) >= 11 is 6.23. The molecule has 0 bridgehead atoms. The molecule has 0 aliphatic heterocycles. The lowest BCUT2D eigenvalue weighted by molar-refractivity contribution is -0.115. The number of nitrogens with one attached hydrogen (secondary N) is 1. The Hall–Kier alpha value is -2.99. The first kappa shape index (κ1) is 23.2. The molecule has 0 atom stereocenters. The third kappa shape index (κ3) is 6.08. The second-order valence-electron chi connectivity index (χ2n) is 7.22. The number of nitriles is 1. The monoisotopic (exact) mass is 534 g/mol. The van der Waals surface area contributed by atoms with Gasteiger partial charge in [-0.2, -0.15) is 5.26 Å². The standard InChI is InChI=1S/C25H19BrN4OS2/c1-16-2-4-17(5-3-16)21-11-8-19(14-27)24(28-21)32-13-12-23(31)30-25-29-22(15-33-25)18-6-9-20(26)10-7-18/h2-11,15H,12-13H2,1H3,(H,29,30,31). The van der Waals surface area contributed by atoms with Crippen molar-refractivity contribution in [3.63, 3.8) is 0 Å². The molecular formula is C25H19BrN4OS2. The van der Waals surface area contributed by atoms with Gasteiger partial charge in [0, 0.05) is 33.2 Å². The molecule has 4 aromatic rings. The molecule has 5 nitrogen and oxygen atoms in total. The predicted molar refractivity (Wildman–Crippen MR) is 138 cm³/mol. The quantitative estimate of drug-likeness (QED) is 0.260. The summed E-state index contributed by atoms with van der Waals surface area (Å²) in [6.45, 7) is 2.04. The first-order valence-corrected chi connectivity index (χ1v) is 12.8. The van der Waals surface area contributed by atoms with E-state index in [2.05, 4.69) is 37.3 Å². The van der Waals surface area contributed by atoms with Gasteiger partial charge >= 0.3 is 0 Å². The minimum atomic E-state index is -0.118. The number of amides is 1. The highest BCUT2D eigenvalue weighted by atomic mass is 79.9. The Kier molecular flexibility index (Phi) is 7.55. The average Bonchev–Trinajstić information content (AvgIpc) is 3.28. The number of anilines is 1. The third-order valence-corrected chi connectivity index (χ3v) is 7.07. The van der Waals surface area contributed by atoms with Crippen LogP contribution in [0.3, 0.4) is 0 Å². The van der Waals surface area contributed by atoms with Crippen molar-refractivity contribution in [2.24, 2.45) is 0 Å². The fourth-order valence-corrected chi connectivity index (χ4v) is 4.94. The summed E-state index contributed by atoms with van der Waals surface area (Å²) in [5.74, 6) is 0.392. The number of hydrogen-bond donors (Lipinski definition) is 1. The molecule has 164 valence electrons. The fraction of sp³-hybridized carbons (Fsp3) is 0.120. The van der Waals surface area contributed by atoms with E-state index < -0.39 is 0 Å². The topological polar surface area (TPSA) is 78.7 Å². The van der Waals surface area contributed by atoms with Crippen molar-refractivity contribution < 1.29 is 4.79 Å². The summed E-state index contributed by atoms with van der Waals surface area (Å²) in [7, 11) is 0. The number of halogens is 1. The van der Waals surface area contributed by atoms with E-state index in [1.54, 1.807) is 6.07 Å². The van der Waals surface area contributed by atoms with Crippen LogP contribution < -0.4 is 5.32 Å². The van der Waals surface area contributed by atoms with Crippen molar-refractivity contribution in [1.82, 2.24) is 9.97 Å². The molecule has 2 aromatic carbocycles. The lowest BCUT2D eigenvalue weighted by atomic mass is 10.1. The van der Waals surface area contributed by atoms with Crippen molar-refractivity contribution in [2.45, 2.75) is 18.4 Å². The number of aromatic nitrogens is 2. The highest BCUT2D eigenvalue weighted by Crippen LogP contribution is 2.28. The molecule has 4 rings (SSSR count). The molecule has 0 fully saturated rings. The van der Waals surface area contributed by atoms with Gasteiger partial charge in [-0.3, -0.25) is 4.79 Å². The largest absolute Gasteiger partial charge is 0.302 e. The average molecular weight is 535 g/mol. The molecular weight excluding hydrogens is 516 g/mol. The Morgan fingerprint density at radius 2 is 1.73 bits per heavy atom. The first-order chi connectivity index (χ1) is 16.0. The molecule has 1 amide bonds. The van der Waals surface area contributed by atoms with Crippen molar-refractivity contribution in [3.05, 3.63) is 81.6 Å². The third-order valence-electron chi connectivity index (χ3n) is 4.79. The molecule has 2 aromatic heterocycles. The highest BCUT2D eigenvalue weighted by molar-refractivity contribution is 9.10. The number of carbonyl (C=O) groups is 1. The van der Waals surface area contributed by atoms with Crippen molar-refractivity contribution in [1.29, 1.82) is 5.26 Å². The van der Waals surface area contributed by atoms with Crippen molar-refractivity contribution in [2.75, 3.05) is 11.1 Å². The van der Waals surface area contributed by atoms with Gasteiger partial charge in [0.25, 0.3) is 0 Å². The van der Waals surface area contributed by atoms with Gasteiger partial charge in [-0.15, -0.1) is 23.1 Å². The molecule has 2 heterocycles.